The number of anilines is 2. The molecule has 3 aliphatic rings. The van der Waals surface area contributed by atoms with Gasteiger partial charge in [-0.2, -0.15) is 0 Å². The molecule has 198 valence electrons. The van der Waals surface area contributed by atoms with Gasteiger partial charge in [-0.05, 0) is 70.2 Å². The molecule has 3 fully saturated rings. The molecule has 1 spiro atoms. The molecule has 2 bridgehead atoms. The van der Waals surface area contributed by atoms with Gasteiger partial charge < -0.3 is 30.3 Å². The average Bonchev–Trinajstić information content (AvgIpc) is 3.37. The van der Waals surface area contributed by atoms with Gasteiger partial charge in [0.15, 0.2) is 0 Å². The molecule has 4 rings (SSSR count). The molecule has 0 aromatic heterocycles. The molecular formula is C27H40N4O5. The van der Waals surface area contributed by atoms with Crippen molar-refractivity contribution in [2.24, 2.45) is 17.8 Å². The Kier molecular flexibility index (Phi) is 7.35. The van der Waals surface area contributed by atoms with E-state index in [1.165, 1.54) is 0 Å². The van der Waals surface area contributed by atoms with Crippen molar-refractivity contribution in [2.45, 2.75) is 64.2 Å². The minimum absolute atomic E-state index is 0.00453. The van der Waals surface area contributed by atoms with E-state index in [4.69, 9.17) is 4.74 Å². The number of amides is 3. The van der Waals surface area contributed by atoms with Gasteiger partial charge >= 0.3 is 0 Å². The van der Waals surface area contributed by atoms with Gasteiger partial charge in [0.25, 0.3) is 0 Å². The fraction of sp³-hybridized carbons (Fsp3) is 0.667. The molecule has 3 N–H and O–H groups in total. The number of benzene rings is 1. The third-order valence-corrected chi connectivity index (χ3v) is 8.66. The molecule has 3 heterocycles. The minimum Gasteiger partial charge on any atom is -0.396 e. The standard InChI is InChI=1S/C27H40N4O5/c1-6-30(7-2)19-12-10-18(11-13-19)29-24(34)22-27-16-17(3)26(4,36-27)20(23(33)28-5)21(27)25(35)31(22)14-8-9-15-32/h10-13,17,20-22,32H,6-9,14-16H2,1-5H3,(H,28,33)(H,29,34)/t17?,20-,21+,22?,26+,27?/m1/s1. The van der Waals surface area contributed by atoms with Gasteiger partial charge in [0.1, 0.15) is 11.6 Å². The number of nitrogens with zero attached hydrogens (tertiary/aromatic N) is 2. The molecule has 9 heteroatoms. The molecule has 1 aromatic carbocycles. The number of ether oxygens (including phenoxy) is 1. The van der Waals surface area contributed by atoms with E-state index in [0.29, 0.717) is 31.5 Å². The summed E-state index contributed by atoms with van der Waals surface area (Å²) in [4.78, 5) is 44.5. The summed E-state index contributed by atoms with van der Waals surface area (Å²) in [5, 5.41) is 15.0. The smallest absolute Gasteiger partial charge is 0.250 e. The Balaban J connectivity index is 1.67. The molecule has 3 amide bonds. The molecule has 0 saturated carbocycles. The number of likely N-dealkylation sites (tertiary alicyclic amines) is 1. The fourth-order valence-electron chi connectivity index (χ4n) is 6.78. The van der Waals surface area contributed by atoms with Crippen LogP contribution in [0.4, 0.5) is 11.4 Å². The number of hydrogen-bond acceptors (Lipinski definition) is 6. The SMILES string of the molecule is CCN(CC)c1ccc(NC(=O)C2N(CCCCO)C(=O)[C@@H]3[C@H](C(=O)NC)[C@@]4(C)OC23CC4C)cc1. The quantitative estimate of drug-likeness (QED) is 0.424. The van der Waals surface area contributed by atoms with E-state index >= 15 is 0 Å². The summed E-state index contributed by atoms with van der Waals surface area (Å²) in [6, 6.07) is 6.85. The van der Waals surface area contributed by atoms with Crippen molar-refractivity contribution in [3.05, 3.63) is 24.3 Å². The van der Waals surface area contributed by atoms with Crippen LogP contribution in [0.3, 0.4) is 0 Å². The average molecular weight is 501 g/mol. The zero-order chi connectivity index (χ0) is 26.3. The van der Waals surface area contributed by atoms with Gasteiger partial charge in [-0.1, -0.05) is 6.92 Å². The van der Waals surface area contributed by atoms with Crippen molar-refractivity contribution in [3.8, 4) is 0 Å². The molecule has 36 heavy (non-hydrogen) atoms. The third kappa shape index (κ3) is 3.96. The lowest BCUT2D eigenvalue weighted by Crippen LogP contribution is -2.54. The number of carbonyl (C=O) groups excluding carboxylic acids is 3. The summed E-state index contributed by atoms with van der Waals surface area (Å²) in [7, 11) is 1.57. The van der Waals surface area contributed by atoms with Crippen molar-refractivity contribution in [1.82, 2.24) is 10.2 Å². The molecule has 0 radical (unpaired) electrons. The predicted molar refractivity (Wildman–Crippen MR) is 138 cm³/mol. The van der Waals surface area contributed by atoms with Crippen LogP contribution >= 0.6 is 0 Å². The molecule has 3 aliphatic heterocycles. The van der Waals surface area contributed by atoms with E-state index in [0.717, 1.165) is 18.8 Å². The number of aliphatic hydroxyl groups is 1. The van der Waals surface area contributed by atoms with Crippen LogP contribution in [0.1, 0.15) is 47.0 Å². The maximum absolute atomic E-state index is 13.9. The third-order valence-electron chi connectivity index (χ3n) is 8.66. The van der Waals surface area contributed by atoms with Gasteiger partial charge in [0.05, 0.1) is 17.4 Å². The monoisotopic (exact) mass is 500 g/mol. The van der Waals surface area contributed by atoms with Crippen LogP contribution in [0.25, 0.3) is 0 Å². The maximum Gasteiger partial charge on any atom is 0.250 e. The highest BCUT2D eigenvalue weighted by Gasteiger charge is 2.79. The molecule has 9 nitrogen and oxygen atoms in total. The van der Waals surface area contributed by atoms with Gasteiger partial charge in [-0.15, -0.1) is 0 Å². The maximum atomic E-state index is 13.9. The van der Waals surface area contributed by atoms with E-state index in [-0.39, 0.29) is 30.2 Å². The van der Waals surface area contributed by atoms with E-state index < -0.39 is 29.1 Å². The zero-order valence-electron chi connectivity index (χ0n) is 22.0. The number of rotatable bonds is 10. The first-order valence-electron chi connectivity index (χ1n) is 13.2. The number of nitrogens with one attached hydrogen (secondary N) is 2. The highest BCUT2D eigenvalue weighted by molar-refractivity contribution is 6.03. The Morgan fingerprint density at radius 1 is 1.17 bits per heavy atom. The Morgan fingerprint density at radius 3 is 2.42 bits per heavy atom. The van der Waals surface area contributed by atoms with Crippen LogP contribution in [0, 0.1) is 17.8 Å². The first-order valence-corrected chi connectivity index (χ1v) is 13.2. The second kappa shape index (κ2) is 10.0. The van der Waals surface area contributed by atoms with Crippen LogP contribution in [0.15, 0.2) is 24.3 Å². The summed E-state index contributed by atoms with van der Waals surface area (Å²) < 4.78 is 6.64. The summed E-state index contributed by atoms with van der Waals surface area (Å²) in [6.45, 7) is 10.2. The molecular weight excluding hydrogens is 460 g/mol. The first kappa shape index (κ1) is 26.4. The molecule has 3 saturated heterocycles. The van der Waals surface area contributed by atoms with Gasteiger partial charge in [-0.3, -0.25) is 14.4 Å². The molecule has 0 aliphatic carbocycles. The van der Waals surface area contributed by atoms with Crippen LogP contribution < -0.4 is 15.5 Å². The Morgan fingerprint density at radius 2 is 1.83 bits per heavy atom. The number of unbranched alkanes of at least 4 members (excludes halogenated alkanes) is 1. The minimum atomic E-state index is -1.06. The van der Waals surface area contributed by atoms with Gasteiger partial charge in [-0.25, -0.2) is 0 Å². The Hall–Kier alpha value is -2.65. The van der Waals surface area contributed by atoms with Crippen molar-refractivity contribution < 1.29 is 24.2 Å². The van der Waals surface area contributed by atoms with Crippen LogP contribution in [0.2, 0.25) is 0 Å². The van der Waals surface area contributed by atoms with E-state index in [1.54, 1.807) is 11.9 Å². The van der Waals surface area contributed by atoms with E-state index in [2.05, 4.69) is 29.4 Å². The topological polar surface area (TPSA) is 111 Å². The molecule has 6 atom stereocenters. The van der Waals surface area contributed by atoms with Crippen LogP contribution in [-0.2, 0) is 19.1 Å². The van der Waals surface area contributed by atoms with Crippen molar-refractivity contribution in [1.29, 1.82) is 0 Å². The Bertz CT molecular complexity index is 996. The number of hydrogen-bond donors (Lipinski definition) is 3. The lowest BCUT2D eigenvalue weighted by molar-refractivity contribution is -0.146. The second-order valence-corrected chi connectivity index (χ2v) is 10.5. The summed E-state index contributed by atoms with van der Waals surface area (Å²) in [5.41, 5.74) is -0.159. The number of carbonyl (C=O) groups is 3. The largest absolute Gasteiger partial charge is 0.396 e. The van der Waals surface area contributed by atoms with Crippen molar-refractivity contribution in [3.63, 3.8) is 0 Å². The molecule has 3 unspecified atom stereocenters. The first-order chi connectivity index (χ1) is 17.2. The second-order valence-electron chi connectivity index (χ2n) is 10.5. The van der Waals surface area contributed by atoms with Crippen molar-refractivity contribution >= 4 is 29.1 Å². The van der Waals surface area contributed by atoms with E-state index in [9.17, 15) is 19.5 Å². The Labute approximate surface area is 213 Å². The fourth-order valence-corrected chi connectivity index (χ4v) is 6.78. The van der Waals surface area contributed by atoms with Crippen molar-refractivity contribution in [2.75, 3.05) is 43.5 Å². The summed E-state index contributed by atoms with van der Waals surface area (Å²) in [6.07, 6.45) is 1.62. The number of aliphatic hydroxyl groups excluding tert-OH is 1. The van der Waals surface area contributed by atoms with Gasteiger partial charge in [0.2, 0.25) is 17.7 Å². The highest BCUT2D eigenvalue weighted by Crippen LogP contribution is 2.65. The summed E-state index contributed by atoms with van der Waals surface area (Å²) >= 11 is 0. The number of fused-ring (bicyclic) bond motifs is 1. The normalized spacial score (nSPS) is 32.5. The van der Waals surface area contributed by atoms with Gasteiger partial charge in [0, 0.05) is 44.7 Å². The van der Waals surface area contributed by atoms with Crippen LogP contribution in [0.5, 0.6) is 0 Å². The molecule has 1 aromatic rings. The lowest BCUT2D eigenvalue weighted by Gasteiger charge is -2.36. The lowest BCUT2D eigenvalue weighted by atomic mass is 9.62. The predicted octanol–water partition coefficient (Wildman–Crippen LogP) is 2.00. The van der Waals surface area contributed by atoms with E-state index in [1.807, 2.05) is 38.1 Å². The summed E-state index contributed by atoms with van der Waals surface area (Å²) in [5.74, 6) is -2.12. The zero-order valence-corrected chi connectivity index (χ0v) is 22.0. The van der Waals surface area contributed by atoms with Crippen LogP contribution in [-0.4, -0.2) is 78.3 Å². The highest BCUT2D eigenvalue weighted by atomic mass is 16.5.